The summed E-state index contributed by atoms with van der Waals surface area (Å²) in [7, 11) is 0. The molecule has 1 amide bonds. The van der Waals surface area contributed by atoms with Crippen LogP contribution in [0.25, 0.3) is 0 Å². The lowest BCUT2D eigenvalue weighted by Crippen LogP contribution is -2.19. The van der Waals surface area contributed by atoms with Gasteiger partial charge in [-0.3, -0.25) is 4.79 Å². The Kier molecular flexibility index (Phi) is 5.58. The van der Waals surface area contributed by atoms with Crippen LogP contribution in [0, 0.1) is 13.8 Å². The van der Waals surface area contributed by atoms with E-state index in [1.54, 1.807) is 4.68 Å². The first kappa shape index (κ1) is 19.5. The third-order valence-corrected chi connectivity index (χ3v) is 5.75. The van der Waals surface area contributed by atoms with Crippen molar-refractivity contribution in [3.05, 3.63) is 76.1 Å². The van der Waals surface area contributed by atoms with Crippen LogP contribution in [0.5, 0.6) is 0 Å². The van der Waals surface area contributed by atoms with E-state index < -0.39 is 0 Å². The van der Waals surface area contributed by atoms with E-state index >= 15 is 0 Å². The van der Waals surface area contributed by atoms with Crippen LogP contribution in [0.15, 0.2) is 48.5 Å². The molecule has 1 aromatic heterocycles. The van der Waals surface area contributed by atoms with Gasteiger partial charge in [-0.25, -0.2) is 4.68 Å². The van der Waals surface area contributed by atoms with E-state index in [9.17, 15) is 4.79 Å². The van der Waals surface area contributed by atoms with Gasteiger partial charge in [-0.2, -0.15) is 5.10 Å². The summed E-state index contributed by atoms with van der Waals surface area (Å²) in [5.74, 6) is -0.236. The van der Waals surface area contributed by atoms with Crippen LogP contribution in [0.2, 0.25) is 5.15 Å². The molecule has 2 heterocycles. The van der Waals surface area contributed by atoms with Gasteiger partial charge in [0.05, 0.1) is 17.8 Å². The number of rotatable bonds is 5. The zero-order valence-corrected chi connectivity index (χ0v) is 17.5. The average Bonchev–Trinajstić information content (AvgIpc) is 3.31. The van der Waals surface area contributed by atoms with Gasteiger partial charge in [0.1, 0.15) is 5.15 Å². The third-order valence-electron chi connectivity index (χ3n) is 5.37. The normalized spacial score (nSPS) is 13.7. The van der Waals surface area contributed by atoms with Crippen LogP contribution >= 0.6 is 11.6 Å². The van der Waals surface area contributed by atoms with Gasteiger partial charge in [0.25, 0.3) is 5.91 Å². The summed E-state index contributed by atoms with van der Waals surface area (Å²) in [6.45, 7) is 6.62. The van der Waals surface area contributed by atoms with Gasteiger partial charge in [0.15, 0.2) is 0 Å². The minimum atomic E-state index is -0.236. The SMILES string of the molecule is Cc1cc(NC(=O)c2c(C)nn(Cc3ccccc3)c2Cl)ccc1N1CCCC1. The Bertz CT molecular complexity index is 1020. The quantitative estimate of drug-likeness (QED) is 0.642. The summed E-state index contributed by atoms with van der Waals surface area (Å²) in [4.78, 5) is 15.3. The number of hydrogen-bond donors (Lipinski definition) is 1. The Morgan fingerprint density at radius 3 is 2.52 bits per heavy atom. The Morgan fingerprint density at radius 2 is 1.83 bits per heavy atom. The highest BCUT2D eigenvalue weighted by molar-refractivity contribution is 6.33. The van der Waals surface area contributed by atoms with E-state index in [0.29, 0.717) is 23.0 Å². The Morgan fingerprint density at radius 1 is 1.10 bits per heavy atom. The number of halogens is 1. The number of carbonyl (C=O) groups is 1. The predicted molar refractivity (Wildman–Crippen MR) is 118 cm³/mol. The van der Waals surface area contributed by atoms with Crippen molar-refractivity contribution in [1.29, 1.82) is 0 Å². The number of amides is 1. The number of nitrogens with zero attached hydrogens (tertiary/aromatic N) is 3. The predicted octanol–water partition coefficient (Wildman–Crippen LogP) is 5.05. The summed E-state index contributed by atoms with van der Waals surface area (Å²) in [6, 6.07) is 16.0. The number of aromatic nitrogens is 2. The molecule has 0 bridgehead atoms. The Balaban J connectivity index is 1.52. The second-order valence-corrected chi connectivity index (χ2v) is 7.90. The van der Waals surface area contributed by atoms with Crippen LogP contribution in [0.4, 0.5) is 11.4 Å². The van der Waals surface area contributed by atoms with Crippen molar-refractivity contribution in [3.63, 3.8) is 0 Å². The molecule has 1 N–H and O–H groups in total. The number of aryl methyl sites for hydroxylation is 2. The molecule has 1 fully saturated rings. The van der Waals surface area contributed by atoms with E-state index in [1.807, 2.05) is 49.4 Å². The fourth-order valence-corrected chi connectivity index (χ4v) is 4.23. The molecule has 0 aliphatic carbocycles. The highest BCUT2D eigenvalue weighted by Gasteiger charge is 2.21. The van der Waals surface area contributed by atoms with Crippen LogP contribution < -0.4 is 10.2 Å². The van der Waals surface area contributed by atoms with Gasteiger partial charge in [0, 0.05) is 24.5 Å². The van der Waals surface area contributed by atoms with Crippen molar-refractivity contribution in [3.8, 4) is 0 Å². The maximum atomic E-state index is 12.9. The molecule has 1 aliphatic heterocycles. The smallest absolute Gasteiger partial charge is 0.260 e. The molecule has 0 unspecified atom stereocenters. The van der Waals surface area contributed by atoms with Crippen molar-refractivity contribution < 1.29 is 4.79 Å². The highest BCUT2D eigenvalue weighted by atomic mass is 35.5. The van der Waals surface area contributed by atoms with Crippen LogP contribution in [0.3, 0.4) is 0 Å². The number of nitrogens with one attached hydrogen (secondary N) is 1. The molecular formula is C23H25ClN4O. The number of carbonyl (C=O) groups excluding carboxylic acids is 1. The Labute approximate surface area is 176 Å². The molecule has 5 nitrogen and oxygen atoms in total. The van der Waals surface area contributed by atoms with Gasteiger partial charge in [-0.05, 0) is 56.0 Å². The van der Waals surface area contributed by atoms with Gasteiger partial charge in [-0.1, -0.05) is 41.9 Å². The van der Waals surface area contributed by atoms with Gasteiger partial charge in [-0.15, -0.1) is 0 Å². The van der Waals surface area contributed by atoms with Crippen molar-refractivity contribution in [2.75, 3.05) is 23.3 Å². The fourth-order valence-electron chi connectivity index (χ4n) is 3.91. The van der Waals surface area contributed by atoms with Crippen molar-refractivity contribution in [2.45, 2.75) is 33.2 Å². The lowest BCUT2D eigenvalue weighted by Gasteiger charge is -2.20. The van der Waals surface area contributed by atoms with Gasteiger partial charge in [0.2, 0.25) is 0 Å². The summed E-state index contributed by atoms with van der Waals surface area (Å²) in [5, 5.41) is 7.81. The summed E-state index contributed by atoms with van der Waals surface area (Å²) >= 11 is 6.52. The minimum absolute atomic E-state index is 0.236. The zero-order valence-electron chi connectivity index (χ0n) is 16.8. The first-order valence-electron chi connectivity index (χ1n) is 9.96. The van der Waals surface area contributed by atoms with Crippen LogP contribution in [-0.4, -0.2) is 28.8 Å². The van der Waals surface area contributed by atoms with Crippen molar-refractivity contribution >= 4 is 28.9 Å². The van der Waals surface area contributed by atoms with Crippen molar-refractivity contribution in [1.82, 2.24) is 9.78 Å². The molecule has 1 saturated heterocycles. The average molecular weight is 409 g/mol. The van der Waals surface area contributed by atoms with E-state index in [0.717, 1.165) is 29.9 Å². The first-order chi connectivity index (χ1) is 14.0. The van der Waals surface area contributed by atoms with Gasteiger partial charge >= 0.3 is 0 Å². The zero-order chi connectivity index (χ0) is 20.4. The second kappa shape index (κ2) is 8.29. The molecule has 0 atom stereocenters. The number of benzene rings is 2. The molecule has 0 spiro atoms. The summed E-state index contributed by atoms with van der Waals surface area (Å²) in [6.07, 6.45) is 2.48. The molecule has 0 radical (unpaired) electrons. The summed E-state index contributed by atoms with van der Waals surface area (Å²) < 4.78 is 1.67. The Hall–Kier alpha value is -2.79. The first-order valence-corrected chi connectivity index (χ1v) is 10.3. The minimum Gasteiger partial charge on any atom is -0.371 e. The maximum Gasteiger partial charge on any atom is 0.260 e. The lowest BCUT2D eigenvalue weighted by atomic mass is 10.1. The van der Waals surface area contributed by atoms with E-state index in [2.05, 4.69) is 28.3 Å². The van der Waals surface area contributed by atoms with E-state index in [4.69, 9.17) is 11.6 Å². The number of anilines is 2. The van der Waals surface area contributed by atoms with Gasteiger partial charge < -0.3 is 10.2 Å². The standard InChI is InChI=1S/C23H25ClN4O/c1-16-14-19(10-11-20(16)27-12-6-7-13-27)25-23(29)21-17(2)26-28(22(21)24)15-18-8-4-3-5-9-18/h3-5,8-11,14H,6-7,12-13,15H2,1-2H3,(H,25,29). The highest BCUT2D eigenvalue weighted by Crippen LogP contribution is 2.28. The second-order valence-electron chi connectivity index (χ2n) is 7.54. The molecule has 6 heteroatoms. The molecule has 4 rings (SSSR count). The molecule has 2 aromatic carbocycles. The van der Waals surface area contributed by atoms with Crippen LogP contribution in [0.1, 0.15) is 40.0 Å². The monoisotopic (exact) mass is 408 g/mol. The molecule has 150 valence electrons. The molecular weight excluding hydrogens is 384 g/mol. The van der Waals surface area contributed by atoms with E-state index in [-0.39, 0.29) is 5.91 Å². The van der Waals surface area contributed by atoms with Crippen molar-refractivity contribution in [2.24, 2.45) is 0 Å². The largest absolute Gasteiger partial charge is 0.371 e. The molecule has 1 aliphatic rings. The third kappa shape index (κ3) is 4.15. The number of hydrogen-bond acceptors (Lipinski definition) is 3. The topological polar surface area (TPSA) is 50.2 Å². The molecule has 0 saturated carbocycles. The lowest BCUT2D eigenvalue weighted by molar-refractivity contribution is 0.102. The van der Waals surface area contributed by atoms with E-state index in [1.165, 1.54) is 18.5 Å². The molecule has 29 heavy (non-hydrogen) atoms. The maximum absolute atomic E-state index is 12.9. The fraction of sp³-hybridized carbons (Fsp3) is 0.304. The molecule has 3 aromatic rings. The summed E-state index contributed by atoms with van der Waals surface area (Å²) in [5.41, 5.74) is 5.29. The van der Waals surface area contributed by atoms with Crippen LogP contribution in [-0.2, 0) is 6.54 Å².